The summed E-state index contributed by atoms with van der Waals surface area (Å²) in [6, 6.07) is 12.6. The fourth-order valence-corrected chi connectivity index (χ4v) is 3.55. The molecule has 172 valence electrons. The number of thiocarbonyl (C=S) groups is 1. The van der Waals surface area contributed by atoms with Crippen LogP contribution in [0.15, 0.2) is 46.9 Å². The first-order valence-corrected chi connectivity index (χ1v) is 11.8. The quantitative estimate of drug-likeness (QED) is 0.334. The monoisotopic (exact) mass is 519 g/mol. The number of nitrogens with zero attached hydrogens (tertiary/aromatic N) is 1. The lowest BCUT2D eigenvalue weighted by Crippen LogP contribution is -2.34. The highest BCUT2D eigenvalue weighted by molar-refractivity contribution is 9.10. The number of hydrogen-bond donors (Lipinski definition) is 2. The van der Waals surface area contributed by atoms with Crippen molar-refractivity contribution in [3.05, 3.63) is 58.1 Å². The van der Waals surface area contributed by atoms with Crippen LogP contribution < -0.4 is 15.4 Å². The molecule has 0 aromatic heterocycles. The zero-order valence-electron chi connectivity index (χ0n) is 18.7. The summed E-state index contributed by atoms with van der Waals surface area (Å²) in [5, 5.41) is 5.86. The fraction of sp³-hybridized carbons (Fsp3) is 0.375. The van der Waals surface area contributed by atoms with E-state index in [1.165, 1.54) is 12.8 Å². The summed E-state index contributed by atoms with van der Waals surface area (Å²) in [5.41, 5.74) is 2.10. The molecule has 2 aromatic rings. The van der Waals surface area contributed by atoms with Gasteiger partial charge in [0.05, 0.1) is 17.5 Å². The molecule has 0 aliphatic heterocycles. The van der Waals surface area contributed by atoms with Crippen molar-refractivity contribution in [3.8, 4) is 5.75 Å². The van der Waals surface area contributed by atoms with Crippen LogP contribution >= 0.6 is 28.1 Å². The Morgan fingerprint density at radius 1 is 1.06 bits per heavy atom. The number of likely N-dealkylation sites (N-methyl/N-ethyl adjacent to an activating group) is 1. The van der Waals surface area contributed by atoms with Gasteiger partial charge in [0.15, 0.2) is 5.11 Å². The van der Waals surface area contributed by atoms with E-state index in [4.69, 9.17) is 17.0 Å². The second-order valence-corrected chi connectivity index (χ2v) is 8.89. The molecule has 2 rings (SSSR count). The van der Waals surface area contributed by atoms with Crippen LogP contribution in [0, 0.1) is 0 Å². The molecule has 0 radical (unpaired) electrons. The van der Waals surface area contributed by atoms with Gasteiger partial charge in [-0.1, -0.05) is 38.3 Å². The van der Waals surface area contributed by atoms with Gasteiger partial charge in [0.25, 0.3) is 5.91 Å². The zero-order valence-corrected chi connectivity index (χ0v) is 21.1. The third-order valence-electron chi connectivity index (χ3n) is 4.74. The number of carbonyl (C=O) groups is 2. The number of unbranched alkanes of at least 4 members (excludes halogenated alkanes) is 3. The van der Waals surface area contributed by atoms with E-state index in [9.17, 15) is 9.59 Å². The molecule has 0 heterocycles. The SMILES string of the molecule is CCCCCCOc1ccc(C(=O)NC(=S)Nc2ccc(CC(=O)N(C)C)cc2)cc1Br. The minimum absolute atomic E-state index is 0.0348. The molecule has 0 bridgehead atoms. The van der Waals surface area contributed by atoms with Crippen LogP contribution in [-0.4, -0.2) is 42.5 Å². The van der Waals surface area contributed by atoms with Crippen LogP contribution in [0.1, 0.15) is 48.5 Å². The predicted octanol–water partition coefficient (Wildman–Crippen LogP) is 5.17. The first-order chi connectivity index (χ1) is 15.3. The summed E-state index contributed by atoms with van der Waals surface area (Å²) in [6.07, 6.45) is 4.89. The lowest BCUT2D eigenvalue weighted by molar-refractivity contribution is -0.127. The Morgan fingerprint density at radius 3 is 2.41 bits per heavy atom. The summed E-state index contributed by atoms with van der Waals surface area (Å²) in [5.74, 6) is 0.435. The van der Waals surface area contributed by atoms with E-state index in [1.807, 2.05) is 24.3 Å². The molecular weight excluding hydrogens is 490 g/mol. The Balaban J connectivity index is 1.86. The number of anilines is 1. The zero-order chi connectivity index (χ0) is 23.5. The van der Waals surface area contributed by atoms with E-state index in [1.54, 1.807) is 37.2 Å². The molecule has 2 amide bonds. The molecule has 0 atom stereocenters. The predicted molar refractivity (Wildman–Crippen MR) is 136 cm³/mol. The minimum Gasteiger partial charge on any atom is -0.492 e. The first kappa shape index (κ1) is 25.8. The summed E-state index contributed by atoms with van der Waals surface area (Å²) in [6.45, 7) is 2.83. The molecule has 0 aliphatic rings. The van der Waals surface area contributed by atoms with Gasteiger partial charge >= 0.3 is 0 Å². The Morgan fingerprint density at radius 2 is 1.78 bits per heavy atom. The molecule has 8 heteroatoms. The summed E-state index contributed by atoms with van der Waals surface area (Å²) in [4.78, 5) is 25.9. The van der Waals surface area contributed by atoms with Crippen LogP contribution in [0.3, 0.4) is 0 Å². The molecule has 0 saturated carbocycles. The van der Waals surface area contributed by atoms with Crippen LogP contribution in [0.2, 0.25) is 0 Å². The van der Waals surface area contributed by atoms with Crippen molar-refractivity contribution < 1.29 is 14.3 Å². The minimum atomic E-state index is -0.314. The normalized spacial score (nSPS) is 10.4. The van der Waals surface area contributed by atoms with Crippen molar-refractivity contribution in [2.24, 2.45) is 0 Å². The summed E-state index contributed by atoms with van der Waals surface area (Å²) < 4.78 is 6.51. The molecule has 2 aromatic carbocycles. The van der Waals surface area contributed by atoms with Crippen molar-refractivity contribution in [1.29, 1.82) is 0 Å². The van der Waals surface area contributed by atoms with E-state index in [0.29, 0.717) is 24.3 Å². The second-order valence-electron chi connectivity index (χ2n) is 7.62. The highest BCUT2D eigenvalue weighted by Crippen LogP contribution is 2.26. The largest absolute Gasteiger partial charge is 0.492 e. The van der Waals surface area contributed by atoms with E-state index in [-0.39, 0.29) is 16.9 Å². The number of amides is 2. The molecule has 32 heavy (non-hydrogen) atoms. The average Bonchev–Trinajstić information content (AvgIpc) is 2.75. The Hall–Kier alpha value is -2.45. The lowest BCUT2D eigenvalue weighted by atomic mass is 10.1. The molecule has 6 nitrogen and oxygen atoms in total. The molecule has 0 unspecified atom stereocenters. The van der Waals surface area contributed by atoms with E-state index >= 15 is 0 Å². The standard InChI is InChI=1S/C24H30BrN3O3S/c1-4-5-6-7-14-31-21-13-10-18(16-20(21)25)23(30)27-24(32)26-19-11-8-17(9-12-19)15-22(29)28(2)3/h8-13,16H,4-7,14-15H2,1-3H3,(H2,26,27,30,32). The highest BCUT2D eigenvalue weighted by Gasteiger charge is 2.12. The van der Waals surface area contributed by atoms with E-state index in [2.05, 4.69) is 33.5 Å². The molecule has 0 aliphatic carbocycles. The van der Waals surface area contributed by atoms with Gasteiger partial charge in [0, 0.05) is 25.3 Å². The molecule has 0 saturated heterocycles. The number of carbonyl (C=O) groups excluding carboxylic acids is 2. The van der Waals surface area contributed by atoms with Crippen molar-refractivity contribution in [3.63, 3.8) is 0 Å². The van der Waals surface area contributed by atoms with Gasteiger partial charge in [0.1, 0.15) is 5.75 Å². The summed E-state index contributed by atoms with van der Waals surface area (Å²) in [7, 11) is 3.46. The van der Waals surface area contributed by atoms with Crippen molar-refractivity contribution in [2.45, 2.75) is 39.0 Å². The van der Waals surface area contributed by atoms with Gasteiger partial charge in [-0.05, 0) is 70.5 Å². The number of nitrogens with one attached hydrogen (secondary N) is 2. The summed E-state index contributed by atoms with van der Waals surface area (Å²) >= 11 is 8.73. The third kappa shape index (κ3) is 8.59. The van der Waals surface area contributed by atoms with Crippen molar-refractivity contribution in [2.75, 3.05) is 26.0 Å². The van der Waals surface area contributed by atoms with Crippen LogP contribution in [0.4, 0.5) is 5.69 Å². The number of rotatable bonds is 10. The fourth-order valence-electron chi connectivity index (χ4n) is 2.85. The maximum atomic E-state index is 12.5. The Labute approximate surface area is 203 Å². The molecule has 0 fully saturated rings. The maximum absolute atomic E-state index is 12.5. The molecule has 2 N–H and O–H groups in total. The van der Waals surface area contributed by atoms with Crippen LogP contribution in [0.5, 0.6) is 5.75 Å². The van der Waals surface area contributed by atoms with E-state index in [0.717, 1.165) is 28.6 Å². The van der Waals surface area contributed by atoms with Crippen LogP contribution in [0.25, 0.3) is 0 Å². The number of hydrogen-bond acceptors (Lipinski definition) is 4. The van der Waals surface area contributed by atoms with Gasteiger partial charge in [-0.3, -0.25) is 14.9 Å². The van der Waals surface area contributed by atoms with E-state index < -0.39 is 0 Å². The van der Waals surface area contributed by atoms with Crippen LogP contribution in [-0.2, 0) is 11.2 Å². The lowest BCUT2D eigenvalue weighted by Gasteiger charge is -2.12. The molecule has 0 spiro atoms. The van der Waals surface area contributed by atoms with Gasteiger partial charge < -0.3 is 15.0 Å². The first-order valence-electron chi connectivity index (χ1n) is 10.6. The smallest absolute Gasteiger partial charge is 0.257 e. The number of halogens is 1. The average molecular weight is 520 g/mol. The number of benzene rings is 2. The van der Waals surface area contributed by atoms with Crippen molar-refractivity contribution in [1.82, 2.24) is 10.2 Å². The highest BCUT2D eigenvalue weighted by atomic mass is 79.9. The Kier molecular flexibility index (Phi) is 10.6. The van der Waals surface area contributed by atoms with Gasteiger partial charge in [0.2, 0.25) is 5.91 Å². The maximum Gasteiger partial charge on any atom is 0.257 e. The Bertz CT molecular complexity index is 933. The van der Waals surface area contributed by atoms with Gasteiger partial charge in [-0.15, -0.1) is 0 Å². The van der Waals surface area contributed by atoms with Gasteiger partial charge in [-0.25, -0.2) is 0 Å². The van der Waals surface area contributed by atoms with Gasteiger partial charge in [-0.2, -0.15) is 0 Å². The third-order valence-corrected chi connectivity index (χ3v) is 5.57. The topological polar surface area (TPSA) is 70.7 Å². The van der Waals surface area contributed by atoms with Crippen molar-refractivity contribution >= 4 is 50.8 Å². The molecular formula is C24H30BrN3O3S. The second kappa shape index (κ2) is 13.2. The number of ether oxygens (including phenoxy) is 1.